The number of aliphatic imine (C=N–C) groups is 1. The molecule has 1 heterocycles. The lowest BCUT2D eigenvalue weighted by Gasteiger charge is -2.20. The van der Waals surface area contributed by atoms with Crippen molar-refractivity contribution in [3.05, 3.63) is 12.2 Å². The third-order valence-electron chi connectivity index (χ3n) is 5.88. The number of nitrogens with zero attached hydrogens (tertiary/aromatic N) is 3. The maximum absolute atomic E-state index is 12.6. The van der Waals surface area contributed by atoms with Crippen molar-refractivity contribution in [2.75, 3.05) is 60.5 Å². The summed E-state index contributed by atoms with van der Waals surface area (Å²) in [6.45, 7) is 4.09. The number of likely N-dealkylation sites (tertiary alicyclic amines) is 1. The minimum absolute atomic E-state index is 0.00589. The van der Waals surface area contributed by atoms with E-state index in [2.05, 4.69) is 32.7 Å². The third kappa shape index (κ3) is 4.16. The first kappa shape index (κ1) is 19.8. The number of ether oxygens (including phenoxy) is 1. The lowest BCUT2D eigenvalue weighted by molar-refractivity contribution is -0.140. The van der Waals surface area contributed by atoms with Crippen LogP contribution in [0.2, 0.25) is 0 Å². The highest BCUT2D eigenvalue weighted by Crippen LogP contribution is 2.52. The average Bonchev–Trinajstić information content (AvgIpc) is 3.34. The van der Waals surface area contributed by atoms with Gasteiger partial charge in [-0.3, -0.25) is 19.5 Å². The van der Waals surface area contributed by atoms with Crippen LogP contribution in [-0.4, -0.2) is 88.1 Å². The maximum Gasteiger partial charge on any atom is 0.233 e. The highest BCUT2D eigenvalue weighted by Gasteiger charge is 2.58. The SMILES string of the molecule is CN=C(NCCN(C)CCOC)NCCN1C(=O)C2C3C=CC(C3)C2C1=O. The van der Waals surface area contributed by atoms with Crippen molar-refractivity contribution in [1.29, 1.82) is 0 Å². The van der Waals surface area contributed by atoms with Gasteiger partial charge in [-0.15, -0.1) is 0 Å². The predicted octanol–water partition coefficient (Wildman–Crippen LogP) is -0.463. The fraction of sp³-hybridized carbons (Fsp3) is 0.737. The molecule has 4 unspecified atom stereocenters. The van der Waals surface area contributed by atoms with Gasteiger partial charge >= 0.3 is 0 Å². The Balaban J connectivity index is 1.39. The minimum Gasteiger partial charge on any atom is -0.383 e. The van der Waals surface area contributed by atoms with Crippen LogP contribution in [0.1, 0.15) is 6.42 Å². The fourth-order valence-electron chi connectivity index (χ4n) is 4.42. The number of imide groups is 1. The summed E-state index contributed by atoms with van der Waals surface area (Å²) in [5, 5.41) is 6.44. The number of guanidine groups is 1. The van der Waals surface area contributed by atoms with Crippen molar-refractivity contribution in [3.8, 4) is 0 Å². The molecular weight excluding hydrogens is 346 g/mol. The molecule has 1 saturated heterocycles. The lowest BCUT2D eigenvalue weighted by Crippen LogP contribution is -2.45. The Morgan fingerprint density at radius 1 is 1.19 bits per heavy atom. The maximum atomic E-state index is 12.6. The van der Waals surface area contributed by atoms with Crippen LogP contribution < -0.4 is 10.6 Å². The molecule has 3 rings (SSSR count). The van der Waals surface area contributed by atoms with Crippen molar-refractivity contribution in [1.82, 2.24) is 20.4 Å². The molecule has 2 fully saturated rings. The fourth-order valence-corrected chi connectivity index (χ4v) is 4.42. The number of amides is 2. The molecule has 8 heteroatoms. The van der Waals surface area contributed by atoms with Crippen molar-refractivity contribution in [2.45, 2.75) is 6.42 Å². The second kappa shape index (κ2) is 8.84. The molecule has 3 aliphatic rings. The molecule has 1 saturated carbocycles. The number of fused-ring (bicyclic) bond motifs is 5. The van der Waals surface area contributed by atoms with E-state index < -0.39 is 0 Å². The lowest BCUT2D eigenvalue weighted by atomic mass is 9.85. The Labute approximate surface area is 161 Å². The van der Waals surface area contributed by atoms with Gasteiger partial charge in [0, 0.05) is 46.9 Å². The largest absolute Gasteiger partial charge is 0.383 e. The van der Waals surface area contributed by atoms with E-state index in [1.807, 2.05) is 7.05 Å². The predicted molar refractivity (Wildman–Crippen MR) is 103 cm³/mol. The molecule has 2 aliphatic carbocycles. The summed E-state index contributed by atoms with van der Waals surface area (Å²) in [7, 11) is 5.45. The van der Waals surface area contributed by atoms with Gasteiger partial charge in [-0.25, -0.2) is 0 Å². The smallest absolute Gasteiger partial charge is 0.233 e. The molecule has 0 aromatic rings. The van der Waals surface area contributed by atoms with Crippen LogP contribution in [-0.2, 0) is 14.3 Å². The number of likely N-dealkylation sites (N-methyl/N-ethyl adjacent to an activating group) is 1. The summed E-state index contributed by atoms with van der Waals surface area (Å²) in [5.41, 5.74) is 0. The molecule has 2 amide bonds. The van der Waals surface area contributed by atoms with E-state index in [9.17, 15) is 9.59 Å². The standard InChI is InChI=1S/C19H31N5O3/c1-20-19(21-6-8-23(2)10-11-27-3)22-7-9-24-17(25)15-13-4-5-14(12-13)16(15)18(24)26/h4-5,13-16H,6-12H2,1-3H3,(H2,20,21,22). The van der Waals surface area contributed by atoms with E-state index >= 15 is 0 Å². The molecule has 4 atom stereocenters. The van der Waals surface area contributed by atoms with Crippen molar-refractivity contribution in [3.63, 3.8) is 0 Å². The van der Waals surface area contributed by atoms with Crippen molar-refractivity contribution in [2.24, 2.45) is 28.7 Å². The molecule has 0 aromatic heterocycles. The van der Waals surface area contributed by atoms with Gasteiger partial charge in [-0.05, 0) is 25.3 Å². The number of carbonyl (C=O) groups is 2. The van der Waals surface area contributed by atoms with Crippen LogP contribution in [0.4, 0.5) is 0 Å². The first-order valence-corrected chi connectivity index (χ1v) is 9.72. The quantitative estimate of drug-likeness (QED) is 0.245. The summed E-state index contributed by atoms with van der Waals surface area (Å²) in [6.07, 6.45) is 5.21. The highest BCUT2D eigenvalue weighted by molar-refractivity contribution is 6.06. The Kier molecular flexibility index (Phi) is 6.49. The molecular formula is C19H31N5O3. The Morgan fingerprint density at radius 3 is 2.41 bits per heavy atom. The topological polar surface area (TPSA) is 86.3 Å². The Hall–Kier alpha value is -1.93. The number of methoxy groups -OCH3 is 1. The van der Waals surface area contributed by atoms with Gasteiger partial charge in [-0.1, -0.05) is 12.2 Å². The zero-order chi connectivity index (χ0) is 19.4. The average molecular weight is 377 g/mol. The van der Waals surface area contributed by atoms with Crippen LogP contribution >= 0.6 is 0 Å². The van der Waals surface area contributed by atoms with E-state index in [4.69, 9.17) is 4.74 Å². The van der Waals surface area contributed by atoms with Gasteiger partial charge in [0.1, 0.15) is 0 Å². The van der Waals surface area contributed by atoms with Crippen LogP contribution in [0.25, 0.3) is 0 Å². The van der Waals surface area contributed by atoms with E-state index in [1.54, 1.807) is 14.2 Å². The van der Waals surface area contributed by atoms with E-state index in [0.717, 1.165) is 26.1 Å². The number of nitrogens with one attached hydrogen (secondary N) is 2. The normalized spacial score (nSPS) is 29.2. The molecule has 0 radical (unpaired) electrons. The van der Waals surface area contributed by atoms with E-state index in [1.165, 1.54) is 4.90 Å². The van der Waals surface area contributed by atoms with Crippen LogP contribution in [0.5, 0.6) is 0 Å². The molecule has 2 N–H and O–H groups in total. The van der Waals surface area contributed by atoms with Gasteiger partial charge in [0.2, 0.25) is 11.8 Å². The highest BCUT2D eigenvalue weighted by atomic mass is 16.5. The zero-order valence-corrected chi connectivity index (χ0v) is 16.5. The van der Waals surface area contributed by atoms with Crippen LogP contribution in [0.3, 0.4) is 0 Å². The van der Waals surface area contributed by atoms with Gasteiger partial charge < -0.3 is 20.3 Å². The number of hydrogen-bond acceptors (Lipinski definition) is 5. The first-order valence-electron chi connectivity index (χ1n) is 9.72. The first-order chi connectivity index (χ1) is 13.1. The van der Waals surface area contributed by atoms with Gasteiger partial charge in [0.15, 0.2) is 5.96 Å². The minimum atomic E-state index is -0.118. The van der Waals surface area contributed by atoms with Crippen LogP contribution in [0, 0.1) is 23.7 Å². The van der Waals surface area contributed by atoms with Gasteiger partial charge in [-0.2, -0.15) is 0 Å². The molecule has 8 nitrogen and oxygen atoms in total. The molecule has 150 valence electrons. The number of allylic oxidation sites excluding steroid dienone is 2. The zero-order valence-electron chi connectivity index (χ0n) is 16.5. The second-order valence-electron chi connectivity index (χ2n) is 7.55. The third-order valence-corrected chi connectivity index (χ3v) is 5.88. The Bertz CT molecular complexity index is 590. The summed E-state index contributed by atoms with van der Waals surface area (Å²) >= 11 is 0. The van der Waals surface area contributed by atoms with Gasteiger partial charge in [0.05, 0.1) is 18.4 Å². The molecule has 1 aliphatic heterocycles. The van der Waals surface area contributed by atoms with Crippen molar-refractivity contribution < 1.29 is 14.3 Å². The summed E-state index contributed by atoms with van der Waals surface area (Å²) < 4.78 is 5.06. The monoisotopic (exact) mass is 377 g/mol. The summed E-state index contributed by atoms with van der Waals surface area (Å²) in [4.78, 5) is 33.1. The van der Waals surface area contributed by atoms with E-state index in [0.29, 0.717) is 25.7 Å². The molecule has 0 spiro atoms. The number of hydrogen-bond donors (Lipinski definition) is 2. The second-order valence-corrected chi connectivity index (χ2v) is 7.55. The summed E-state index contributed by atoms with van der Waals surface area (Å²) in [6, 6.07) is 0. The molecule has 2 bridgehead atoms. The molecule has 27 heavy (non-hydrogen) atoms. The number of carbonyl (C=O) groups excluding carboxylic acids is 2. The molecule has 0 aromatic carbocycles. The number of rotatable bonds is 9. The summed E-state index contributed by atoms with van der Waals surface area (Å²) in [5.74, 6) is 0.979. The van der Waals surface area contributed by atoms with Crippen LogP contribution in [0.15, 0.2) is 17.1 Å². The Morgan fingerprint density at radius 2 is 1.81 bits per heavy atom. The van der Waals surface area contributed by atoms with Gasteiger partial charge in [0.25, 0.3) is 0 Å². The van der Waals surface area contributed by atoms with E-state index in [-0.39, 0.29) is 35.5 Å². The van der Waals surface area contributed by atoms with Crippen molar-refractivity contribution >= 4 is 17.8 Å².